The van der Waals surface area contributed by atoms with E-state index in [1.807, 2.05) is 6.08 Å². The van der Waals surface area contributed by atoms with Gasteiger partial charge in [-0.2, -0.15) is 11.8 Å². The van der Waals surface area contributed by atoms with Crippen LogP contribution in [0.4, 0.5) is 0 Å². The first-order valence-corrected chi connectivity index (χ1v) is 10.2. The molecular formula is C19H32O4S. The Morgan fingerprint density at radius 2 is 2.00 bits per heavy atom. The van der Waals surface area contributed by atoms with Gasteiger partial charge in [-0.15, -0.1) is 0 Å². The maximum Gasteiger partial charge on any atom is 0.306 e. The van der Waals surface area contributed by atoms with Gasteiger partial charge in [-0.3, -0.25) is 9.59 Å². The van der Waals surface area contributed by atoms with Crippen molar-refractivity contribution < 1.29 is 19.8 Å². The second-order valence-corrected chi connectivity index (χ2v) is 8.05. The van der Waals surface area contributed by atoms with E-state index in [1.54, 1.807) is 24.8 Å². The second-order valence-electron chi connectivity index (χ2n) is 6.84. The van der Waals surface area contributed by atoms with Gasteiger partial charge in [0.05, 0.1) is 12.0 Å². The van der Waals surface area contributed by atoms with Crippen molar-refractivity contribution in [2.24, 2.45) is 11.8 Å². The normalized spacial score (nSPS) is 22.7. The van der Waals surface area contributed by atoms with Gasteiger partial charge >= 0.3 is 5.97 Å². The fraction of sp³-hybridized carbons (Fsp3) is 0.789. The quantitative estimate of drug-likeness (QED) is 0.487. The molecule has 4 nitrogen and oxygen atoms in total. The van der Waals surface area contributed by atoms with Crippen LogP contribution in [0.15, 0.2) is 12.2 Å². The molecule has 0 amide bonds. The summed E-state index contributed by atoms with van der Waals surface area (Å²) in [6.45, 7) is 3.86. The Hall–Kier alpha value is -0.810. The van der Waals surface area contributed by atoms with Crippen LogP contribution in [0.5, 0.6) is 0 Å². The Balaban J connectivity index is 2.24. The van der Waals surface area contributed by atoms with E-state index in [-0.39, 0.29) is 29.0 Å². The van der Waals surface area contributed by atoms with Crippen molar-refractivity contribution in [3.8, 4) is 0 Å². The molecule has 0 aromatic carbocycles. The van der Waals surface area contributed by atoms with E-state index in [2.05, 4.69) is 6.92 Å². The largest absolute Gasteiger partial charge is 0.481 e. The van der Waals surface area contributed by atoms with Gasteiger partial charge in [0.1, 0.15) is 0 Å². The summed E-state index contributed by atoms with van der Waals surface area (Å²) in [4.78, 5) is 22.8. The Morgan fingerprint density at radius 3 is 2.67 bits per heavy atom. The van der Waals surface area contributed by atoms with Crippen LogP contribution in [0.2, 0.25) is 0 Å². The summed E-state index contributed by atoms with van der Waals surface area (Å²) in [6, 6.07) is 0. The van der Waals surface area contributed by atoms with Crippen molar-refractivity contribution in [2.45, 2.75) is 76.6 Å². The number of carbonyl (C=O) groups is 2. The van der Waals surface area contributed by atoms with Gasteiger partial charge < -0.3 is 10.2 Å². The number of thioether (sulfide) groups is 1. The zero-order valence-corrected chi connectivity index (χ0v) is 15.8. The number of unbranched alkanes of at least 4 members (excludes halogenated alkanes) is 3. The molecule has 24 heavy (non-hydrogen) atoms. The van der Waals surface area contributed by atoms with Crippen molar-refractivity contribution in [3.63, 3.8) is 0 Å². The Morgan fingerprint density at radius 1 is 1.25 bits per heavy atom. The number of carboxylic acid groups (broad SMARTS) is 1. The lowest BCUT2D eigenvalue weighted by molar-refractivity contribution is -0.141. The average molecular weight is 357 g/mol. The summed E-state index contributed by atoms with van der Waals surface area (Å²) in [7, 11) is 0. The maximum absolute atomic E-state index is 12.0. The lowest BCUT2D eigenvalue weighted by Crippen LogP contribution is -2.20. The molecule has 2 N–H and O–H groups in total. The summed E-state index contributed by atoms with van der Waals surface area (Å²) in [5.74, 6) is -0.0924. The van der Waals surface area contributed by atoms with E-state index in [1.165, 1.54) is 0 Å². The van der Waals surface area contributed by atoms with Gasteiger partial charge in [-0.1, -0.05) is 52.0 Å². The molecular weight excluding hydrogens is 324 g/mol. The Kier molecular flexibility index (Phi) is 10.3. The van der Waals surface area contributed by atoms with Crippen molar-refractivity contribution in [1.29, 1.82) is 0 Å². The molecule has 138 valence electrons. The maximum atomic E-state index is 12.0. The van der Waals surface area contributed by atoms with E-state index in [4.69, 9.17) is 5.11 Å². The number of ketones is 1. The van der Waals surface area contributed by atoms with Crippen LogP contribution in [-0.2, 0) is 9.59 Å². The molecule has 0 fully saturated rings. The molecule has 0 radical (unpaired) electrons. The van der Waals surface area contributed by atoms with E-state index in [0.29, 0.717) is 12.2 Å². The number of rotatable bonds is 13. The van der Waals surface area contributed by atoms with Crippen LogP contribution in [0.3, 0.4) is 0 Å². The molecule has 4 atom stereocenters. The average Bonchev–Trinajstić information content (AvgIpc) is 2.90. The summed E-state index contributed by atoms with van der Waals surface area (Å²) in [6.07, 6.45) is 10.7. The van der Waals surface area contributed by atoms with Crippen molar-refractivity contribution in [2.75, 3.05) is 5.75 Å². The van der Waals surface area contributed by atoms with Gasteiger partial charge in [0.25, 0.3) is 0 Å². The van der Waals surface area contributed by atoms with Crippen LogP contribution < -0.4 is 0 Å². The summed E-state index contributed by atoms with van der Waals surface area (Å²) in [5.41, 5.74) is 0. The molecule has 1 aliphatic rings. The van der Waals surface area contributed by atoms with Crippen LogP contribution in [0, 0.1) is 11.8 Å². The minimum absolute atomic E-state index is 0.0327. The molecule has 1 rings (SSSR count). The highest BCUT2D eigenvalue weighted by Crippen LogP contribution is 2.32. The zero-order valence-electron chi connectivity index (χ0n) is 14.9. The van der Waals surface area contributed by atoms with Crippen molar-refractivity contribution in [1.82, 2.24) is 0 Å². The Bertz CT molecular complexity index is 422. The monoisotopic (exact) mass is 356 g/mol. The first kappa shape index (κ1) is 21.2. The fourth-order valence-electron chi connectivity index (χ4n) is 2.95. The molecule has 0 heterocycles. The number of carbonyl (C=O) groups excluding carboxylic acids is 1. The van der Waals surface area contributed by atoms with Crippen LogP contribution in [0.1, 0.15) is 65.2 Å². The van der Waals surface area contributed by atoms with Gasteiger partial charge in [-0.05, 0) is 25.3 Å². The van der Waals surface area contributed by atoms with Gasteiger partial charge in [0.15, 0.2) is 5.78 Å². The highest BCUT2D eigenvalue weighted by molar-refractivity contribution is 8.00. The number of carboxylic acids is 1. The summed E-state index contributed by atoms with van der Waals surface area (Å²) < 4.78 is 0. The van der Waals surface area contributed by atoms with Crippen LogP contribution in [-0.4, -0.2) is 39.1 Å². The minimum atomic E-state index is -0.733. The molecule has 0 spiro atoms. The second kappa shape index (κ2) is 11.7. The number of aliphatic carboxylic acids is 1. The topological polar surface area (TPSA) is 74.6 Å². The predicted molar refractivity (Wildman–Crippen MR) is 99.3 cm³/mol. The SMILES string of the molecule is CCCCC(O)CSC1C=CC(=O)C1CCCCCC(C)C(=O)O. The van der Waals surface area contributed by atoms with Crippen LogP contribution in [0.25, 0.3) is 0 Å². The smallest absolute Gasteiger partial charge is 0.306 e. The van der Waals surface area contributed by atoms with Gasteiger partial charge in [0.2, 0.25) is 0 Å². The van der Waals surface area contributed by atoms with Crippen LogP contribution >= 0.6 is 11.8 Å². The highest BCUT2D eigenvalue weighted by Gasteiger charge is 2.30. The number of hydrogen-bond acceptors (Lipinski definition) is 4. The highest BCUT2D eigenvalue weighted by atomic mass is 32.2. The van der Waals surface area contributed by atoms with Gasteiger partial charge in [-0.25, -0.2) is 0 Å². The molecule has 0 aromatic heterocycles. The number of aliphatic hydroxyl groups is 1. The molecule has 0 aromatic rings. The fourth-order valence-corrected chi connectivity index (χ4v) is 4.25. The third-order valence-electron chi connectivity index (χ3n) is 4.66. The predicted octanol–water partition coefficient (Wildman–Crippen LogP) is 4.07. The Labute approximate surface area is 150 Å². The lowest BCUT2D eigenvalue weighted by atomic mass is 9.96. The lowest BCUT2D eigenvalue weighted by Gasteiger charge is -2.19. The van der Waals surface area contributed by atoms with E-state index < -0.39 is 5.97 Å². The number of hydrogen-bond donors (Lipinski definition) is 2. The number of allylic oxidation sites excluding steroid dienone is 1. The summed E-state index contributed by atoms with van der Waals surface area (Å²) in [5, 5.41) is 19.0. The van der Waals surface area contributed by atoms with E-state index >= 15 is 0 Å². The molecule has 0 bridgehead atoms. The van der Waals surface area contributed by atoms with Gasteiger partial charge in [0, 0.05) is 16.9 Å². The summed E-state index contributed by atoms with van der Waals surface area (Å²) >= 11 is 1.69. The minimum Gasteiger partial charge on any atom is -0.481 e. The molecule has 0 saturated heterocycles. The first-order chi connectivity index (χ1) is 11.5. The molecule has 0 saturated carbocycles. The third kappa shape index (κ3) is 7.84. The molecule has 4 unspecified atom stereocenters. The van der Waals surface area contributed by atoms with E-state index in [0.717, 1.165) is 44.9 Å². The molecule has 5 heteroatoms. The van der Waals surface area contributed by atoms with Crippen molar-refractivity contribution in [3.05, 3.63) is 12.2 Å². The van der Waals surface area contributed by atoms with Crippen molar-refractivity contribution >= 4 is 23.5 Å². The zero-order chi connectivity index (χ0) is 17.9. The first-order valence-electron chi connectivity index (χ1n) is 9.20. The number of aliphatic hydroxyl groups excluding tert-OH is 1. The van der Waals surface area contributed by atoms with E-state index in [9.17, 15) is 14.7 Å². The molecule has 1 aliphatic carbocycles. The standard InChI is InChI=1S/C19H32O4S/c1-3-4-9-15(20)13-24-18-12-11-17(21)16(18)10-7-5-6-8-14(2)19(22)23/h11-12,14-16,18,20H,3-10,13H2,1-2H3,(H,22,23). The molecule has 0 aliphatic heterocycles. The third-order valence-corrected chi connectivity index (χ3v) is 6.11.